The molecule has 2 aliphatic rings. The van der Waals surface area contributed by atoms with Gasteiger partial charge in [0.15, 0.2) is 0 Å². The van der Waals surface area contributed by atoms with E-state index in [0.717, 1.165) is 78.5 Å². The highest BCUT2D eigenvalue weighted by Gasteiger charge is 2.24. The summed E-state index contributed by atoms with van der Waals surface area (Å²) in [5.74, 6) is 0.499. The van der Waals surface area contributed by atoms with Gasteiger partial charge in [0.2, 0.25) is 0 Å². The van der Waals surface area contributed by atoms with Gasteiger partial charge in [-0.25, -0.2) is 4.79 Å². The van der Waals surface area contributed by atoms with Gasteiger partial charge in [-0.2, -0.15) is 0 Å². The lowest BCUT2D eigenvalue weighted by atomic mass is 10.0. The molecule has 2 heterocycles. The average molecular weight is 432 g/mol. The maximum absolute atomic E-state index is 12.2. The van der Waals surface area contributed by atoms with Crippen LogP contribution in [0.2, 0.25) is 0 Å². The van der Waals surface area contributed by atoms with E-state index < -0.39 is 0 Å². The number of benzene rings is 1. The third-order valence-electron chi connectivity index (χ3n) is 6.41. The molecule has 2 fully saturated rings. The van der Waals surface area contributed by atoms with Crippen LogP contribution in [0.1, 0.15) is 25.8 Å². The number of piperazine rings is 1. The molecule has 0 spiro atoms. The van der Waals surface area contributed by atoms with Gasteiger partial charge < -0.3 is 20.3 Å². The standard InChI is InChI=1S/C24H41N5O2/c1-21(2)23(29-15-17-31-18-16-29)19-26-24(30)25-9-6-10-27-11-13-28(14-12-27)20-22-7-4-3-5-8-22/h3-5,7-8,21,23H,6,9-20H2,1-2H3,(H2,25,26,30). The first-order valence-corrected chi connectivity index (χ1v) is 11.9. The molecular weight excluding hydrogens is 390 g/mol. The lowest BCUT2D eigenvalue weighted by Gasteiger charge is -2.36. The van der Waals surface area contributed by atoms with Crippen molar-refractivity contribution in [2.24, 2.45) is 5.92 Å². The number of hydrogen-bond donors (Lipinski definition) is 2. The zero-order valence-electron chi connectivity index (χ0n) is 19.4. The summed E-state index contributed by atoms with van der Waals surface area (Å²) in [5, 5.41) is 6.11. The lowest BCUT2D eigenvalue weighted by molar-refractivity contribution is 0.00719. The summed E-state index contributed by atoms with van der Waals surface area (Å²) in [5.41, 5.74) is 1.39. The predicted molar refractivity (Wildman–Crippen MR) is 125 cm³/mol. The topological polar surface area (TPSA) is 60.1 Å². The predicted octanol–water partition coefficient (Wildman–Crippen LogP) is 1.85. The third-order valence-corrected chi connectivity index (χ3v) is 6.41. The van der Waals surface area contributed by atoms with Crippen molar-refractivity contribution < 1.29 is 9.53 Å². The fraction of sp³-hybridized carbons (Fsp3) is 0.708. The van der Waals surface area contributed by atoms with E-state index in [1.54, 1.807) is 0 Å². The minimum Gasteiger partial charge on any atom is -0.379 e. The smallest absolute Gasteiger partial charge is 0.314 e. The largest absolute Gasteiger partial charge is 0.379 e. The van der Waals surface area contributed by atoms with Crippen LogP contribution in [0.5, 0.6) is 0 Å². The fourth-order valence-electron chi connectivity index (χ4n) is 4.47. The quantitative estimate of drug-likeness (QED) is 0.554. The first-order valence-electron chi connectivity index (χ1n) is 11.9. The molecule has 0 bridgehead atoms. The first kappa shape index (κ1) is 24.0. The highest BCUT2D eigenvalue weighted by molar-refractivity contribution is 5.73. The van der Waals surface area contributed by atoms with Crippen molar-refractivity contribution in [1.29, 1.82) is 0 Å². The van der Waals surface area contributed by atoms with Crippen LogP contribution in [-0.2, 0) is 11.3 Å². The van der Waals surface area contributed by atoms with Gasteiger partial charge >= 0.3 is 6.03 Å². The summed E-state index contributed by atoms with van der Waals surface area (Å²) >= 11 is 0. The molecule has 31 heavy (non-hydrogen) atoms. The Labute approximate surface area is 188 Å². The number of amides is 2. The van der Waals surface area contributed by atoms with Gasteiger partial charge in [0.1, 0.15) is 0 Å². The summed E-state index contributed by atoms with van der Waals surface area (Å²) in [4.78, 5) is 19.7. The molecule has 2 amide bonds. The monoisotopic (exact) mass is 431 g/mol. The van der Waals surface area contributed by atoms with Crippen LogP contribution in [0.3, 0.4) is 0 Å². The molecule has 0 aliphatic carbocycles. The molecule has 1 aromatic rings. The zero-order chi connectivity index (χ0) is 21.9. The van der Waals surface area contributed by atoms with E-state index in [1.807, 2.05) is 0 Å². The molecule has 2 N–H and O–H groups in total. The molecule has 1 atom stereocenters. The Morgan fingerprint density at radius 2 is 1.65 bits per heavy atom. The minimum absolute atomic E-state index is 0.0495. The van der Waals surface area contributed by atoms with E-state index in [2.05, 4.69) is 69.5 Å². The number of ether oxygens (including phenoxy) is 1. The molecular formula is C24H41N5O2. The van der Waals surface area contributed by atoms with E-state index in [4.69, 9.17) is 4.74 Å². The van der Waals surface area contributed by atoms with Crippen LogP contribution >= 0.6 is 0 Å². The molecule has 0 aromatic heterocycles. The van der Waals surface area contributed by atoms with Crippen molar-refractivity contribution in [2.75, 3.05) is 72.1 Å². The fourth-order valence-corrected chi connectivity index (χ4v) is 4.47. The number of hydrogen-bond acceptors (Lipinski definition) is 5. The summed E-state index contributed by atoms with van der Waals surface area (Å²) in [6.45, 7) is 15.8. The number of nitrogens with one attached hydrogen (secondary N) is 2. The Balaban J connectivity index is 1.25. The second kappa shape index (κ2) is 13.0. The van der Waals surface area contributed by atoms with E-state index >= 15 is 0 Å². The molecule has 0 radical (unpaired) electrons. The Morgan fingerprint density at radius 3 is 2.32 bits per heavy atom. The van der Waals surface area contributed by atoms with Crippen LogP contribution in [0.4, 0.5) is 4.79 Å². The highest BCUT2D eigenvalue weighted by Crippen LogP contribution is 2.12. The Bertz CT molecular complexity index is 628. The van der Waals surface area contributed by atoms with Crippen LogP contribution in [0, 0.1) is 5.92 Å². The summed E-state index contributed by atoms with van der Waals surface area (Å²) in [6.07, 6.45) is 0.989. The van der Waals surface area contributed by atoms with Crippen molar-refractivity contribution in [2.45, 2.75) is 32.9 Å². The van der Waals surface area contributed by atoms with Gasteiger partial charge in [-0.05, 0) is 24.4 Å². The molecule has 7 heteroatoms. The maximum Gasteiger partial charge on any atom is 0.314 e. The average Bonchev–Trinajstić information content (AvgIpc) is 2.79. The maximum atomic E-state index is 12.2. The number of morpholine rings is 1. The molecule has 1 aromatic carbocycles. The molecule has 3 rings (SSSR count). The lowest BCUT2D eigenvalue weighted by Crippen LogP contribution is -2.52. The Hall–Kier alpha value is -1.67. The number of carbonyl (C=O) groups is 1. The second-order valence-corrected chi connectivity index (χ2v) is 9.05. The van der Waals surface area contributed by atoms with Crippen molar-refractivity contribution in [1.82, 2.24) is 25.3 Å². The van der Waals surface area contributed by atoms with Crippen molar-refractivity contribution in [3.63, 3.8) is 0 Å². The van der Waals surface area contributed by atoms with E-state index in [1.165, 1.54) is 5.56 Å². The van der Waals surface area contributed by atoms with Crippen molar-refractivity contribution in [3.8, 4) is 0 Å². The number of rotatable bonds is 10. The number of nitrogens with zero attached hydrogens (tertiary/aromatic N) is 3. The summed E-state index contributed by atoms with van der Waals surface area (Å²) in [6, 6.07) is 11.0. The molecule has 1 unspecified atom stereocenters. The van der Waals surface area contributed by atoms with Gasteiger partial charge in [-0.1, -0.05) is 44.2 Å². The Morgan fingerprint density at radius 1 is 0.968 bits per heavy atom. The first-order chi connectivity index (χ1) is 15.1. The van der Waals surface area contributed by atoms with E-state index in [0.29, 0.717) is 18.5 Å². The van der Waals surface area contributed by atoms with Crippen LogP contribution < -0.4 is 10.6 Å². The summed E-state index contributed by atoms with van der Waals surface area (Å²) in [7, 11) is 0. The van der Waals surface area contributed by atoms with E-state index in [9.17, 15) is 4.79 Å². The SMILES string of the molecule is CC(C)C(CNC(=O)NCCCN1CCN(Cc2ccccc2)CC1)N1CCOCC1. The molecule has 0 saturated carbocycles. The number of carbonyl (C=O) groups excluding carboxylic acids is 1. The van der Waals surface area contributed by atoms with Crippen molar-refractivity contribution in [3.05, 3.63) is 35.9 Å². The zero-order valence-corrected chi connectivity index (χ0v) is 19.4. The van der Waals surface area contributed by atoms with Crippen molar-refractivity contribution >= 4 is 6.03 Å². The van der Waals surface area contributed by atoms with Gasteiger partial charge in [-0.3, -0.25) is 9.80 Å². The number of urea groups is 1. The van der Waals surface area contributed by atoms with Gasteiger partial charge in [0.25, 0.3) is 0 Å². The normalized spacial score (nSPS) is 20.0. The van der Waals surface area contributed by atoms with Crippen LogP contribution in [-0.4, -0.2) is 98.9 Å². The highest BCUT2D eigenvalue weighted by atomic mass is 16.5. The van der Waals surface area contributed by atoms with Crippen LogP contribution in [0.25, 0.3) is 0 Å². The van der Waals surface area contributed by atoms with E-state index in [-0.39, 0.29) is 6.03 Å². The van der Waals surface area contributed by atoms with Gasteiger partial charge in [0, 0.05) is 64.9 Å². The van der Waals surface area contributed by atoms with Gasteiger partial charge in [0.05, 0.1) is 13.2 Å². The second-order valence-electron chi connectivity index (χ2n) is 9.05. The molecule has 174 valence electrons. The van der Waals surface area contributed by atoms with Crippen LogP contribution in [0.15, 0.2) is 30.3 Å². The molecule has 2 aliphatic heterocycles. The minimum atomic E-state index is -0.0495. The third kappa shape index (κ3) is 8.41. The molecule has 2 saturated heterocycles. The Kier molecular flexibility index (Phi) is 10.1. The van der Waals surface area contributed by atoms with Gasteiger partial charge in [-0.15, -0.1) is 0 Å². The summed E-state index contributed by atoms with van der Waals surface area (Å²) < 4.78 is 5.46. The molecule has 7 nitrogen and oxygen atoms in total.